The van der Waals surface area contributed by atoms with Gasteiger partial charge in [0, 0.05) is 5.54 Å². The zero-order chi connectivity index (χ0) is 12.1. The molecule has 3 rings (SSSR count). The summed E-state index contributed by atoms with van der Waals surface area (Å²) in [5.41, 5.74) is 1.50. The van der Waals surface area contributed by atoms with Crippen LogP contribution in [0.3, 0.4) is 0 Å². The van der Waals surface area contributed by atoms with Crippen molar-refractivity contribution in [2.24, 2.45) is 0 Å². The second kappa shape index (κ2) is 3.41. The molecule has 0 radical (unpaired) electrons. The smallest absolute Gasteiger partial charge is 0.143 e. The van der Waals surface area contributed by atoms with Crippen molar-refractivity contribution in [3.63, 3.8) is 0 Å². The first-order valence-corrected chi connectivity index (χ1v) is 6.56. The van der Waals surface area contributed by atoms with E-state index < -0.39 is 0 Å². The zero-order valence-electron chi connectivity index (χ0n) is 11.0. The molecule has 0 bridgehead atoms. The standard InChI is InChI=1S/C15H21NO/c1-14(2,3)16-11-15(9-6-10-15)17-13-8-5-4-7-12(13)16/h4-5,7-8H,6,9-11H2,1-3H3. The average molecular weight is 231 g/mol. The van der Waals surface area contributed by atoms with Crippen LogP contribution in [0.25, 0.3) is 0 Å². The second-order valence-electron chi connectivity index (χ2n) is 6.36. The summed E-state index contributed by atoms with van der Waals surface area (Å²) < 4.78 is 6.24. The first-order valence-electron chi connectivity index (χ1n) is 6.56. The van der Waals surface area contributed by atoms with Crippen molar-refractivity contribution in [1.29, 1.82) is 0 Å². The summed E-state index contributed by atoms with van der Waals surface area (Å²) in [6.07, 6.45) is 3.71. The van der Waals surface area contributed by atoms with Crippen LogP contribution in [0.15, 0.2) is 24.3 Å². The number of benzene rings is 1. The van der Waals surface area contributed by atoms with Crippen LogP contribution in [0.2, 0.25) is 0 Å². The molecule has 1 aliphatic heterocycles. The number of nitrogens with zero attached hydrogens (tertiary/aromatic N) is 1. The second-order valence-corrected chi connectivity index (χ2v) is 6.36. The van der Waals surface area contributed by atoms with E-state index in [0.717, 1.165) is 12.3 Å². The van der Waals surface area contributed by atoms with Gasteiger partial charge in [-0.05, 0) is 52.2 Å². The molecule has 0 aromatic heterocycles. The van der Waals surface area contributed by atoms with Crippen molar-refractivity contribution in [3.8, 4) is 5.75 Å². The van der Waals surface area contributed by atoms with E-state index in [9.17, 15) is 0 Å². The zero-order valence-corrected chi connectivity index (χ0v) is 11.0. The Bertz CT molecular complexity index is 429. The van der Waals surface area contributed by atoms with E-state index in [1.165, 1.54) is 24.9 Å². The first kappa shape index (κ1) is 10.9. The van der Waals surface area contributed by atoms with Gasteiger partial charge in [0.15, 0.2) is 0 Å². The molecular formula is C15H21NO. The molecule has 92 valence electrons. The SMILES string of the molecule is CC(C)(C)N1CC2(CCC2)Oc2ccccc21. The highest BCUT2D eigenvalue weighted by Gasteiger charge is 2.46. The molecule has 1 heterocycles. The van der Waals surface area contributed by atoms with Gasteiger partial charge in [0.05, 0.1) is 12.2 Å². The van der Waals surface area contributed by atoms with Crippen LogP contribution in [-0.2, 0) is 0 Å². The number of rotatable bonds is 0. The quantitative estimate of drug-likeness (QED) is 0.676. The van der Waals surface area contributed by atoms with Gasteiger partial charge in [0.25, 0.3) is 0 Å². The number of para-hydroxylation sites is 2. The Hall–Kier alpha value is -1.18. The van der Waals surface area contributed by atoms with E-state index in [0.29, 0.717) is 0 Å². The Kier molecular flexibility index (Phi) is 2.19. The Balaban J connectivity index is 2.03. The van der Waals surface area contributed by atoms with Gasteiger partial charge < -0.3 is 9.64 Å². The van der Waals surface area contributed by atoms with E-state index >= 15 is 0 Å². The maximum absolute atomic E-state index is 6.24. The number of hydrogen-bond donors (Lipinski definition) is 0. The summed E-state index contributed by atoms with van der Waals surface area (Å²) in [5, 5.41) is 0. The van der Waals surface area contributed by atoms with Crippen LogP contribution >= 0.6 is 0 Å². The molecular weight excluding hydrogens is 210 g/mol. The summed E-state index contributed by atoms with van der Waals surface area (Å²) in [6, 6.07) is 8.44. The summed E-state index contributed by atoms with van der Waals surface area (Å²) in [5.74, 6) is 1.06. The van der Waals surface area contributed by atoms with Crippen molar-refractivity contribution in [2.75, 3.05) is 11.4 Å². The molecule has 2 nitrogen and oxygen atoms in total. The number of hydrogen-bond acceptors (Lipinski definition) is 2. The molecule has 1 aromatic carbocycles. The molecule has 2 heteroatoms. The van der Waals surface area contributed by atoms with Crippen LogP contribution in [0.1, 0.15) is 40.0 Å². The maximum Gasteiger partial charge on any atom is 0.143 e. The van der Waals surface area contributed by atoms with Crippen molar-refractivity contribution < 1.29 is 4.74 Å². The van der Waals surface area contributed by atoms with Crippen molar-refractivity contribution in [1.82, 2.24) is 0 Å². The summed E-state index contributed by atoms with van der Waals surface area (Å²) in [7, 11) is 0. The predicted molar refractivity (Wildman–Crippen MR) is 70.8 cm³/mol. The average Bonchev–Trinajstić information content (AvgIpc) is 2.24. The monoisotopic (exact) mass is 231 g/mol. The molecule has 2 aliphatic rings. The Morgan fingerprint density at radius 1 is 1.18 bits per heavy atom. The van der Waals surface area contributed by atoms with Gasteiger partial charge in [0.1, 0.15) is 11.4 Å². The van der Waals surface area contributed by atoms with Crippen molar-refractivity contribution in [2.45, 2.75) is 51.2 Å². The minimum absolute atomic E-state index is 0.0988. The Labute approximate surface area is 104 Å². The highest BCUT2D eigenvalue weighted by Crippen LogP contribution is 2.47. The fraction of sp³-hybridized carbons (Fsp3) is 0.600. The van der Waals surface area contributed by atoms with Gasteiger partial charge in [-0.2, -0.15) is 0 Å². The highest BCUT2D eigenvalue weighted by atomic mass is 16.5. The van der Waals surface area contributed by atoms with Gasteiger partial charge in [-0.1, -0.05) is 12.1 Å². The molecule has 17 heavy (non-hydrogen) atoms. The Morgan fingerprint density at radius 2 is 1.88 bits per heavy atom. The lowest BCUT2D eigenvalue weighted by molar-refractivity contribution is -0.0115. The molecule has 1 aliphatic carbocycles. The molecule has 1 fully saturated rings. The predicted octanol–water partition coefficient (Wildman–Crippen LogP) is 3.61. The van der Waals surface area contributed by atoms with Crippen molar-refractivity contribution in [3.05, 3.63) is 24.3 Å². The molecule has 0 amide bonds. The van der Waals surface area contributed by atoms with Crippen LogP contribution in [0.4, 0.5) is 5.69 Å². The fourth-order valence-electron chi connectivity index (χ4n) is 2.84. The first-order chi connectivity index (χ1) is 8.00. The van der Waals surface area contributed by atoms with Crippen molar-refractivity contribution >= 4 is 5.69 Å². The largest absolute Gasteiger partial charge is 0.483 e. The maximum atomic E-state index is 6.24. The number of fused-ring (bicyclic) bond motifs is 1. The fourth-order valence-corrected chi connectivity index (χ4v) is 2.84. The minimum Gasteiger partial charge on any atom is -0.483 e. The minimum atomic E-state index is 0.0988. The van der Waals surface area contributed by atoms with E-state index in [2.05, 4.69) is 49.9 Å². The summed E-state index contributed by atoms with van der Waals surface area (Å²) >= 11 is 0. The van der Waals surface area contributed by atoms with Gasteiger partial charge in [-0.3, -0.25) is 0 Å². The molecule has 1 aromatic rings. The van der Waals surface area contributed by atoms with E-state index in [-0.39, 0.29) is 11.1 Å². The van der Waals surface area contributed by atoms with E-state index in [1.807, 2.05) is 0 Å². The number of anilines is 1. The Morgan fingerprint density at radius 3 is 2.47 bits per heavy atom. The normalized spacial score (nSPS) is 21.7. The van der Waals surface area contributed by atoms with Crippen LogP contribution in [0.5, 0.6) is 5.75 Å². The third-order valence-corrected chi connectivity index (χ3v) is 4.00. The lowest BCUT2D eigenvalue weighted by Gasteiger charge is -2.53. The van der Waals surface area contributed by atoms with Gasteiger partial charge in [-0.15, -0.1) is 0 Å². The highest BCUT2D eigenvalue weighted by molar-refractivity contribution is 5.62. The lowest BCUT2D eigenvalue weighted by Crippen LogP contribution is -2.59. The summed E-state index contributed by atoms with van der Waals surface area (Å²) in [6.45, 7) is 7.87. The molecule has 0 saturated heterocycles. The molecule has 0 unspecified atom stereocenters. The molecule has 0 atom stereocenters. The third-order valence-electron chi connectivity index (χ3n) is 4.00. The van der Waals surface area contributed by atoms with E-state index in [4.69, 9.17) is 4.74 Å². The number of ether oxygens (including phenoxy) is 1. The topological polar surface area (TPSA) is 12.5 Å². The molecule has 0 N–H and O–H groups in total. The van der Waals surface area contributed by atoms with Crippen LogP contribution < -0.4 is 9.64 Å². The van der Waals surface area contributed by atoms with E-state index in [1.54, 1.807) is 0 Å². The van der Waals surface area contributed by atoms with Crippen LogP contribution in [-0.4, -0.2) is 17.7 Å². The molecule has 1 spiro atoms. The third kappa shape index (κ3) is 1.70. The summed E-state index contributed by atoms with van der Waals surface area (Å²) in [4.78, 5) is 2.50. The van der Waals surface area contributed by atoms with Crippen LogP contribution in [0, 0.1) is 0 Å². The van der Waals surface area contributed by atoms with Gasteiger partial charge in [0.2, 0.25) is 0 Å². The molecule has 1 saturated carbocycles. The lowest BCUT2D eigenvalue weighted by atomic mass is 9.77. The van der Waals surface area contributed by atoms with Gasteiger partial charge >= 0.3 is 0 Å². The van der Waals surface area contributed by atoms with Gasteiger partial charge in [-0.25, -0.2) is 0 Å².